The van der Waals surface area contributed by atoms with Crippen molar-refractivity contribution in [1.29, 1.82) is 5.26 Å². The third-order valence-corrected chi connectivity index (χ3v) is 12.5. The number of likely N-dealkylation sites (tertiary alicyclic amines) is 1. The van der Waals surface area contributed by atoms with Crippen LogP contribution in [-0.2, 0) is 11.8 Å². The smallest absolute Gasteiger partial charge is 0.329 e. The average molecular weight is 808 g/mol. The fraction of sp³-hybridized carbons (Fsp3) is 0.455. The number of aryl methyl sites for hydroxylation is 1. The standard InChI is InChI=1S/C27H36FN5O2.C15H9FN4O2.C2H6/c1-31-23-17-20(22(28)16-21(23)25(30-31)33-13-8-24(34)29-26(33)35)18-4-6-19(7-5-18)32-14-11-27(12-15-32)9-2-3-10-27;16-11-2-3-12(18)10(6-17)14(11)22-8-1-4-13-9(5-8)15(21)20-7-19-13;1-2/h16-19H,2-15H2,1H3,(H,29,34,35);1-5,7H,18H2,(H,19,20,21);1-2H3. The molecule has 5 aromatic rings. The molecule has 2 saturated heterocycles. The van der Waals surface area contributed by atoms with Crippen LogP contribution in [0.2, 0.25) is 0 Å². The molecule has 3 amide bonds. The SMILES string of the molecule is CC.Cn1nc(N2CCC(=O)NC2=O)c2cc(F)c(C3CCC(N4CCC5(CCCC5)CC4)CC3)cc21.N#Cc1c(N)ccc(F)c1Oc1ccc2nc[nH]c(=O)c2c1. The fourth-order valence-electron chi connectivity index (χ4n) is 9.31. The molecule has 310 valence electrons. The summed E-state index contributed by atoms with van der Waals surface area (Å²) in [5.41, 5.74) is 8.02. The zero-order valence-electron chi connectivity index (χ0n) is 33.8. The molecule has 0 unspecified atom stereocenters. The van der Waals surface area contributed by atoms with Crippen LogP contribution in [0.15, 0.2) is 53.6 Å². The first-order chi connectivity index (χ1) is 28.5. The molecule has 0 atom stereocenters. The number of carbonyl (C=O) groups excluding carboxylic acids is 2. The first-order valence-corrected chi connectivity index (χ1v) is 20.7. The van der Waals surface area contributed by atoms with Crippen LogP contribution < -0.4 is 26.2 Å². The van der Waals surface area contributed by atoms with E-state index in [1.54, 1.807) is 16.8 Å². The van der Waals surface area contributed by atoms with Gasteiger partial charge in [-0.2, -0.15) is 10.4 Å². The third-order valence-electron chi connectivity index (χ3n) is 12.5. The minimum atomic E-state index is -0.717. The maximum atomic E-state index is 15.4. The minimum absolute atomic E-state index is 0.0970. The van der Waals surface area contributed by atoms with Crippen molar-refractivity contribution in [2.24, 2.45) is 12.5 Å². The molecule has 13 nitrogen and oxygen atoms in total. The number of halogens is 2. The Labute approximate surface area is 341 Å². The van der Waals surface area contributed by atoms with Gasteiger partial charge in [0.1, 0.15) is 23.2 Å². The molecule has 1 spiro atoms. The van der Waals surface area contributed by atoms with E-state index in [9.17, 15) is 18.8 Å². The molecule has 15 heteroatoms. The number of benzene rings is 3. The highest BCUT2D eigenvalue weighted by Crippen LogP contribution is 2.47. The molecular formula is C44H51F2N9O4. The zero-order chi connectivity index (χ0) is 41.8. The number of piperidine rings is 1. The maximum absolute atomic E-state index is 15.4. The van der Waals surface area contributed by atoms with Gasteiger partial charge in [-0.15, -0.1) is 0 Å². The maximum Gasteiger partial charge on any atom is 0.329 e. The van der Waals surface area contributed by atoms with E-state index in [4.69, 9.17) is 15.7 Å². The third kappa shape index (κ3) is 8.50. The Hall–Kier alpha value is -5.88. The van der Waals surface area contributed by atoms with Gasteiger partial charge in [0, 0.05) is 31.4 Å². The van der Waals surface area contributed by atoms with E-state index in [0.29, 0.717) is 33.6 Å². The number of hydrogen-bond acceptors (Lipinski definition) is 9. The number of urea groups is 1. The van der Waals surface area contributed by atoms with Crippen molar-refractivity contribution in [3.05, 3.63) is 81.9 Å². The molecular weight excluding hydrogens is 757 g/mol. The van der Waals surface area contributed by atoms with E-state index < -0.39 is 11.8 Å². The minimum Gasteiger partial charge on any atom is -0.453 e. The van der Waals surface area contributed by atoms with Crippen LogP contribution in [-0.4, -0.2) is 62.3 Å². The van der Waals surface area contributed by atoms with Crippen LogP contribution in [0.4, 0.5) is 25.1 Å². The van der Waals surface area contributed by atoms with Crippen LogP contribution in [0.5, 0.6) is 11.5 Å². The van der Waals surface area contributed by atoms with Gasteiger partial charge >= 0.3 is 6.03 Å². The topological polar surface area (TPSA) is 175 Å². The van der Waals surface area contributed by atoms with Crippen LogP contribution in [0.3, 0.4) is 0 Å². The van der Waals surface area contributed by atoms with Crippen LogP contribution in [0.25, 0.3) is 21.8 Å². The molecule has 4 N–H and O–H groups in total. The molecule has 3 aromatic carbocycles. The normalized spacial score (nSPS) is 20.4. The van der Waals surface area contributed by atoms with Gasteiger partial charge in [-0.1, -0.05) is 26.7 Å². The fourth-order valence-corrected chi connectivity index (χ4v) is 9.31. The Kier molecular flexibility index (Phi) is 12.3. The van der Waals surface area contributed by atoms with Gasteiger partial charge in [0.25, 0.3) is 5.56 Å². The number of amides is 3. The van der Waals surface area contributed by atoms with Gasteiger partial charge < -0.3 is 20.4 Å². The van der Waals surface area contributed by atoms with Gasteiger partial charge in [0.2, 0.25) is 5.91 Å². The highest BCUT2D eigenvalue weighted by Gasteiger charge is 2.39. The number of nitrogens with two attached hydrogens (primary N) is 1. The quantitative estimate of drug-likeness (QED) is 0.148. The highest BCUT2D eigenvalue weighted by molar-refractivity contribution is 6.08. The lowest BCUT2D eigenvalue weighted by Crippen LogP contribution is -2.49. The molecule has 2 aliphatic carbocycles. The van der Waals surface area contributed by atoms with E-state index in [1.165, 1.54) is 87.1 Å². The molecule has 0 radical (unpaired) electrons. The summed E-state index contributed by atoms with van der Waals surface area (Å²) in [6, 6.07) is 12.3. The van der Waals surface area contributed by atoms with Gasteiger partial charge in [-0.05, 0) is 124 Å². The van der Waals surface area contributed by atoms with E-state index in [2.05, 4.69) is 25.3 Å². The Bertz CT molecular complexity index is 2450. The lowest BCUT2D eigenvalue weighted by atomic mass is 9.75. The Morgan fingerprint density at radius 1 is 0.915 bits per heavy atom. The molecule has 9 rings (SSSR count). The van der Waals surface area contributed by atoms with Crippen molar-refractivity contribution >= 4 is 45.2 Å². The summed E-state index contributed by atoms with van der Waals surface area (Å²) in [6.07, 6.45) is 14.2. The molecule has 2 saturated carbocycles. The number of aromatic nitrogens is 4. The number of nitrogens with one attached hydrogen (secondary N) is 2. The number of imide groups is 1. The number of nitriles is 1. The second-order valence-corrected chi connectivity index (χ2v) is 15.8. The Morgan fingerprint density at radius 2 is 1.64 bits per heavy atom. The molecule has 4 aliphatic rings. The van der Waals surface area contributed by atoms with E-state index in [-0.39, 0.29) is 58.9 Å². The number of nitrogen functional groups attached to an aromatic ring is 1. The number of hydrogen-bond donors (Lipinski definition) is 3. The molecule has 4 heterocycles. The summed E-state index contributed by atoms with van der Waals surface area (Å²) in [7, 11) is 1.82. The monoisotopic (exact) mass is 807 g/mol. The number of aromatic amines is 1. The predicted octanol–water partition coefficient (Wildman–Crippen LogP) is 8.18. The Balaban J connectivity index is 0.000000190. The summed E-state index contributed by atoms with van der Waals surface area (Å²) in [6.45, 7) is 6.73. The number of H-pyrrole nitrogens is 1. The van der Waals surface area contributed by atoms with Crippen molar-refractivity contribution in [2.45, 2.75) is 96.4 Å². The van der Waals surface area contributed by atoms with E-state index >= 15 is 4.39 Å². The summed E-state index contributed by atoms with van der Waals surface area (Å²) in [4.78, 5) is 46.2. The summed E-state index contributed by atoms with van der Waals surface area (Å²) in [5.74, 6) is -0.675. The summed E-state index contributed by atoms with van der Waals surface area (Å²) < 4.78 is 36.4. The van der Waals surface area contributed by atoms with Gasteiger partial charge in [0.05, 0.1) is 28.4 Å². The van der Waals surface area contributed by atoms with E-state index in [1.807, 2.05) is 27.0 Å². The number of rotatable bonds is 5. The summed E-state index contributed by atoms with van der Waals surface area (Å²) in [5, 5.41) is 16.8. The lowest BCUT2D eigenvalue weighted by molar-refractivity contribution is -0.120. The number of carbonyl (C=O) groups is 2. The van der Waals surface area contributed by atoms with Gasteiger partial charge in [-0.3, -0.25) is 24.5 Å². The van der Waals surface area contributed by atoms with Crippen LogP contribution in [0, 0.1) is 28.4 Å². The number of anilines is 2. The summed E-state index contributed by atoms with van der Waals surface area (Å²) >= 11 is 0. The molecule has 59 heavy (non-hydrogen) atoms. The van der Waals surface area contributed by atoms with E-state index in [0.717, 1.165) is 42.8 Å². The lowest BCUT2D eigenvalue weighted by Gasteiger charge is -2.44. The highest BCUT2D eigenvalue weighted by atomic mass is 19.1. The number of fused-ring (bicyclic) bond motifs is 2. The van der Waals surface area contributed by atoms with Crippen LogP contribution in [0.1, 0.15) is 102 Å². The largest absolute Gasteiger partial charge is 0.453 e. The second kappa shape index (κ2) is 17.5. The molecule has 2 aliphatic heterocycles. The Morgan fingerprint density at radius 3 is 2.34 bits per heavy atom. The van der Waals surface area contributed by atoms with Crippen molar-refractivity contribution in [3.63, 3.8) is 0 Å². The van der Waals surface area contributed by atoms with Gasteiger partial charge in [-0.25, -0.2) is 18.6 Å². The first kappa shape index (κ1) is 41.3. The zero-order valence-corrected chi connectivity index (χ0v) is 33.8. The van der Waals surface area contributed by atoms with Gasteiger partial charge in [0.15, 0.2) is 17.4 Å². The van der Waals surface area contributed by atoms with Crippen molar-refractivity contribution in [2.75, 3.05) is 30.3 Å². The predicted molar refractivity (Wildman–Crippen MR) is 222 cm³/mol. The van der Waals surface area contributed by atoms with Crippen molar-refractivity contribution in [3.8, 4) is 17.6 Å². The van der Waals surface area contributed by atoms with Crippen LogP contribution >= 0.6 is 0 Å². The number of nitrogens with zero attached hydrogens (tertiary/aromatic N) is 6. The molecule has 0 bridgehead atoms. The second-order valence-electron chi connectivity index (χ2n) is 15.8. The molecule has 4 fully saturated rings. The first-order valence-electron chi connectivity index (χ1n) is 20.7. The average Bonchev–Trinajstić information content (AvgIpc) is 3.83. The number of ether oxygens (including phenoxy) is 1. The van der Waals surface area contributed by atoms with Crippen molar-refractivity contribution < 1.29 is 23.1 Å². The molecule has 2 aromatic heterocycles. The van der Waals surface area contributed by atoms with Crippen molar-refractivity contribution in [1.82, 2.24) is 30.0 Å².